The molecule has 4 unspecified atom stereocenters. The Kier molecular flexibility index (Phi) is 7.74. The molecule has 0 aromatic heterocycles. The highest BCUT2D eigenvalue weighted by Crippen LogP contribution is 2.38. The molecule has 8 nitrogen and oxygen atoms in total. The van der Waals surface area contributed by atoms with Crippen LogP contribution in [0.2, 0.25) is 0 Å². The minimum atomic E-state index is -0.361. The fourth-order valence-corrected chi connectivity index (χ4v) is 6.33. The van der Waals surface area contributed by atoms with Crippen LogP contribution in [0.3, 0.4) is 0 Å². The first-order valence-electron chi connectivity index (χ1n) is 13.7. The van der Waals surface area contributed by atoms with Gasteiger partial charge in [0.2, 0.25) is 11.8 Å². The van der Waals surface area contributed by atoms with Crippen molar-refractivity contribution in [2.45, 2.75) is 89.6 Å². The van der Waals surface area contributed by atoms with Crippen molar-refractivity contribution < 1.29 is 14.0 Å². The molecule has 1 aliphatic carbocycles. The number of amidine groups is 1. The van der Waals surface area contributed by atoms with Gasteiger partial charge in [-0.25, -0.2) is 4.39 Å². The molecule has 1 saturated carbocycles. The number of carbonyl (C=O) groups is 2. The summed E-state index contributed by atoms with van der Waals surface area (Å²) in [5.74, 6) is 0.682. The first-order valence-corrected chi connectivity index (χ1v) is 13.7. The molecule has 0 spiro atoms. The highest BCUT2D eigenvalue weighted by atomic mass is 19.1. The molecule has 5 rings (SSSR count). The smallest absolute Gasteiger partial charge is 0.231 e. The summed E-state index contributed by atoms with van der Waals surface area (Å²) in [5.41, 5.74) is 4.06. The van der Waals surface area contributed by atoms with Crippen LogP contribution in [0.1, 0.15) is 70.3 Å². The zero-order chi connectivity index (χ0) is 25.1. The Balaban J connectivity index is 1.19. The van der Waals surface area contributed by atoms with E-state index in [4.69, 9.17) is 0 Å². The number of hydrazone groups is 1. The second kappa shape index (κ2) is 11.2. The maximum Gasteiger partial charge on any atom is 0.231 e. The number of halogens is 1. The van der Waals surface area contributed by atoms with Crippen LogP contribution in [0, 0.1) is 11.7 Å². The Morgan fingerprint density at radius 3 is 2.72 bits per heavy atom. The molecule has 0 radical (unpaired) electrons. The monoisotopic (exact) mass is 498 g/mol. The predicted octanol–water partition coefficient (Wildman–Crippen LogP) is 3.00. The summed E-state index contributed by atoms with van der Waals surface area (Å²) in [7, 11) is 0. The van der Waals surface area contributed by atoms with Gasteiger partial charge in [-0.1, -0.05) is 31.4 Å². The van der Waals surface area contributed by atoms with E-state index in [2.05, 4.69) is 32.6 Å². The zero-order valence-electron chi connectivity index (χ0n) is 21.3. The van der Waals surface area contributed by atoms with E-state index in [1.165, 1.54) is 31.4 Å². The Labute approximate surface area is 213 Å². The van der Waals surface area contributed by atoms with Crippen molar-refractivity contribution in [3.8, 4) is 0 Å². The molecule has 0 bridgehead atoms. The van der Waals surface area contributed by atoms with Crippen LogP contribution in [0.4, 0.5) is 4.39 Å². The number of rotatable bonds is 8. The minimum absolute atomic E-state index is 0.0438. The molecule has 9 heteroatoms. The molecule has 3 heterocycles. The summed E-state index contributed by atoms with van der Waals surface area (Å²) < 4.78 is 13.4. The van der Waals surface area contributed by atoms with Gasteiger partial charge < -0.3 is 10.2 Å². The van der Waals surface area contributed by atoms with Crippen LogP contribution in [-0.4, -0.2) is 70.4 Å². The summed E-state index contributed by atoms with van der Waals surface area (Å²) in [6.45, 7) is 5.35. The van der Waals surface area contributed by atoms with Crippen LogP contribution in [0.5, 0.6) is 0 Å². The second-order valence-corrected chi connectivity index (χ2v) is 10.7. The lowest BCUT2D eigenvalue weighted by atomic mass is 9.80. The molecule has 2 N–H and O–H groups in total. The lowest BCUT2D eigenvalue weighted by Crippen LogP contribution is -2.67. The molecule has 4 atom stereocenters. The van der Waals surface area contributed by atoms with Crippen LogP contribution in [0.15, 0.2) is 29.4 Å². The van der Waals surface area contributed by atoms with Crippen molar-refractivity contribution in [2.75, 3.05) is 19.6 Å². The highest BCUT2D eigenvalue weighted by Gasteiger charge is 2.50. The first-order chi connectivity index (χ1) is 17.5. The summed E-state index contributed by atoms with van der Waals surface area (Å²) >= 11 is 0. The fourth-order valence-electron chi connectivity index (χ4n) is 6.33. The molecule has 1 aromatic carbocycles. The van der Waals surface area contributed by atoms with E-state index in [-0.39, 0.29) is 35.9 Å². The van der Waals surface area contributed by atoms with Gasteiger partial charge in [-0.15, -0.1) is 0 Å². The molecule has 1 aromatic rings. The Morgan fingerprint density at radius 2 is 1.92 bits per heavy atom. The topological polar surface area (TPSA) is 80.3 Å². The summed E-state index contributed by atoms with van der Waals surface area (Å²) in [6, 6.07) is 7.02. The van der Waals surface area contributed by atoms with Crippen molar-refractivity contribution in [1.29, 1.82) is 0 Å². The van der Waals surface area contributed by atoms with E-state index in [1.54, 1.807) is 12.1 Å². The van der Waals surface area contributed by atoms with Gasteiger partial charge in [0.05, 0.1) is 5.92 Å². The van der Waals surface area contributed by atoms with E-state index in [1.807, 2.05) is 4.90 Å². The highest BCUT2D eigenvalue weighted by molar-refractivity contribution is 5.91. The number of hydrogen-bond acceptors (Lipinski definition) is 6. The molecule has 2 saturated heterocycles. The molecular formula is C27H39FN6O2. The van der Waals surface area contributed by atoms with Gasteiger partial charge in [0.15, 0.2) is 6.29 Å². The minimum Gasteiger partial charge on any atom is -0.355 e. The Morgan fingerprint density at radius 1 is 1.14 bits per heavy atom. The number of amides is 2. The number of nitrogens with one attached hydrogen (secondary N) is 2. The van der Waals surface area contributed by atoms with Gasteiger partial charge in [-0.05, 0) is 56.8 Å². The number of benzene rings is 1. The molecule has 196 valence electrons. The molecule has 3 aliphatic heterocycles. The second-order valence-electron chi connectivity index (χ2n) is 10.7. The van der Waals surface area contributed by atoms with Gasteiger partial charge in [0.25, 0.3) is 0 Å². The quantitative estimate of drug-likeness (QED) is 0.576. The number of likely N-dealkylation sites (tertiary alicyclic amines) is 1. The average Bonchev–Trinajstić information content (AvgIpc) is 3.31. The normalized spacial score (nSPS) is 28.3. The van der Waals surface area contributed by atoms with Crippen LogP contribution >= 0.6 is 0 Å². The maximum atomic E-state index is 13.5. The standard InChI is InChI=1S/C27H39FN6O2/c1-19-6-4-5-16-32(19)17-15-29-25(35)14-13-24-30-31-27-33(18-20-9-11-21(28)12-10-20)26(36)22-7-2-3-8-23(22)34(24)27/h9-12,19,22-23,27,31H,2-8,13-18H2,1H3,(H,29,35). The summed E-state index contributed by atoms with van der Waals surface area (Å²) in [5, 5.41) is 7.68. The van der Waals surface area contributed by atoms with E-state index >= 15 is 0 Å². The third-order valence-corrected chi connectivity index (χ3v) is 8.36. The van der Waals surface area contributed by atoms with Gasteiger partial charge >= 0.3 is 0 Å². The molecular weight excluding hydrogens is 459 g/mol. The Hall–Kier alpha value is -2.68. The van der Waals surface area contributed by atoms with Crippen molar-refractivity contribution in [1.82, 2.24) is 25.4 Å². The van der Waals surface area contributed by atoms with Crippen LogP contribution in [0.25, 0.3) is 0 Å². The fraction of sp³-hybridized carbons (Fsp3) is 0.667. The van der Waals surface area contributed by atoms with Crippen LogP contribution in [-0.2, 0) is 16.1 Å². The van der Waals surface area contributed by atoms with Crippen molar-refractivity contribution in [3.05, 3.63) is 35.6 Å². The van der Waals surface area contributed by atoms with Crippen molar-refractivity contribution in [2.24, 2.45) is 11.0 Å². The number of fused-ring (bicyclic) bond motifs is 3. The lowest BCUT2D eigenvalue weighted by Gasteiger charge is -2.50. The lowest BCUT2D eigenvalue weighted by molar-refractivity contribution is -0.156. The van der Waals surface area contributed by atoms with Gasteiger partial charge in [0.1, 0.15) is 11.7 Å². The summed E-state index contributed by atoms with van der Waals surface area (Å²) in [6.07, 6.45) is 8.30. The van der Waals surface area contributed by atoms with Crippen LogP contribution < -0.4 is 10.7 Å². The van der Waals surface area contributed by atoms with E-state index < -0.39 is 0 Å². The number of nitrogens with zero attached hydrogens (tertiary/aromatic N) is 4. The number of carbonyl (C=O) groups excluding carboxylic acids is 2. The SMILES string of the molecule is CC1CCCCN1CCNC(=O)CCC1=NNC2N(Cc3ccc(F)cc3)C(=O)C3CCCCC3N12. The third kappa shape index (κ3) is 5.36. The van der Waals surface area contributed by atoms with E-state index in [0.29, 0.717) is 32.0 Å². The maximum absolute atomic E-state index is 13.5. The van der Waals surface area contributed by atoms with Crippen molar-refractivity contribution >= 4 is 17.6 Å². The molecule has 3 fully saturated rings. The Bertz CT molecular complexity index is 970. The summed E-state index contributed by atoms with van der Waals surface area (Å²) in [4.78, 5) is 32.7. The average molecular weight is 499 g/mol. The molecule has 2 amide bonds. The van der Waals surface area contributed by atoms with Crippen molar-refractivity contribution in [3.63, 3.8) is 0 Å². The predicted molar refractivity (Wildman–Crippen MR) is 136 cm³/mol. The largest absolute Gasteiger partial charge is 0.355 e. The zero-order valence-corrected chi connectivity index (χ0v) is 21.3. The van der Waals surface area contributed by atoms with E-state index in [9.17, 15) is 14.0 Å². The van der Waals surface area contributed by atoms with Gasteiger partial charge in [0, 0.05) is 44.6 Å². The molecule has 4 aliphatic rings. The number of piperidine rings is 1. The molecule has 36 heavy (non-hydrogen) atoms. The third-order valence-electron chi connectivity index (χ3n) is 8.36. The first kappa shape index (κ1) is 25.0. The van der Waals surface area contributed by atoms with Gasteiger partial charge in [-0.2, -0.15) is 5.10 Å². The van der Waals surface area contributed by atoms with Gasteiger partial charge in [-0.3, -0.25) is 24.8 Å². The van der Waals surface area contributed by atoms with E-state index in [0.717, 1.165) is 50.2 Å². The number of hydrogen-bond donors (Lipinski definition) is 2.